The third kappa shape index (κ3) is 3.45. The lowest BCUT2D eigenvalue weighted by Crippen LogP contribution is -2.15. The molecule has 0 nitrogen and oxygen atoms in total. The van der Waals surface area contributed by atoms with E-state index >= 15 is 0 Å². The molecule has 0 saturated heterocycles. The van der Waals surface area contributed by atoms with Crippen molar-refractivity contribution in [3.05, 3.63) is 41.0 Å². The average molecular weight is 295 g/mol. The summed E-state index contributed by atoms with van der Waals surface area (Å²) in [5.41, 5.74) is 5.81. The van der Waals surface area contributed by atoms with Gasteiger partial charge in [-0.25, -0.2) is 0 Å². The Morgan fingerprint density at radius 2 is 1.65 bits per heavy atom. The molecule has 0 atom stereocenters. The van der Waals surface area contributed by atoms with Gasteiger partial charge in [0.15, 0.2) is 0 Å². The Kier molecular flexibility index (Phi) is 5.00. The third-order valence-corrected chi connectivity index (χ3v) is 4.66. The van der Waals surface area contributed by atoms with Crippen LogP contribution in [0.4, 0.5) is 0 Å². The molecule has 94 valence electrons. The number of alkyl halides is 1. The highest BCUT2D eigenvalue weighted by Crippen LogP contribution is 2.28. The number of benzene rings is 1. The van der Waals surface area contributed by atoms with Crippen LogP contribution in [-0.4, -0.2) is 5.33 Å². The minimum atomic E-state index is 0.278. The van der Waals surface area contributed by atoms with Crippen LogP contribution in [0.5, 0.6) is 0 Å². The van der Waals surface area contributed by atoms with Gasteiger partial charge in [-0.2, -0.15) is 0 Å². The summed E-state index contributed by atoms with van der Waals surface area (Å²) in [7, 11) is 0. The predicted octanol–water partition coefficient (Wildman–Crippen LogP) is 5.56. The van der Waals surface area contributed by atoms with Crippen LogP contribution in [0.25, 0.3) is 5.57 Å². The SMILES string of the molecule is CCC(C)(C)c1ccc(/C(C)=C(\C)CBr)cc1. The molecule has 1 rings (SSSR count). The van der Waals surface area contributed by atoms with Gasteiger partial charge in [0.05, 0.1) is 0 Å². The fourth-order valence-corrected chi connectivity index (χ4v) is 2.14. The molecule has 0 aromatic heterocycles. The smallest absolute Gasteiger partial charge is 0.0245 e. The first-order chi connectivity index (χ1) is 7.92. The van der Waals surface area contributed by atoms with Gasteiger partial charge in [0.2, 0.25) is 0 Å². The fraction of sp³-hybridized carbons (Fsp3) is 0.500. The van der Waals surface area contributed by atoms with Gasteiger partial charge in [0.25, 0.3) is 0 Å². The van der Waals surface area contributed by atoms with Crippen LogP contribution in [0.15, 0.2) is 29.8 Å². The van der Waals surface area contributed by atoms with Gasteiger partial charge in [-0.15, -0.1) is 0 Å². The van der Waals surface area contributed by atoms with E-state index in [1.165, 1.54) is 28.7 Å². The standard InChI is InChI=1S/C16H23Br/c1-6-16(4,5)15-9-7-14(8-10-15)13(3)12(2)11-17/h7-10H,6,11H2,1-5H3/b13-12+. The molecule has 0 aliphatic rings. The van der Waals surface area contributed by atoms with Gasteiger partial charge in [0, 0.05) is 5.33 Å². The summed E-state index contributed by atoms with van der Waals surface area (Å²) in [6, 6.07) is 9.02. The molecule has 0 heterocycles. The molecule has 1 aromatic rings. The van der Waals surface area contributed by atoms with Crippen molar-refractivity contribution < 1.29 is 0 Å². The van der Waals surface area contributed by atoms with Crippen molar-refractivity contribution in [3.63, 3.8) is 0 Å². The van der Waals surface area contributed by atoms with Crippen LogP contribution in [0.2, 0.25) is 0 Å². The highest BCUT2D eigenvalue weighted by molar-refractivity contribution is 9.09. The summed E-state index contributed by atoms with van der Waals surface area (Å²) in [6.45, 7) is 11.2. The van der Waals surface area contributed by atoms with E-state index in [0.29, 0.717) is 0 Å². The van der Waals surface area contributed by atoms with Crippen molar-refractivity contribution in [3.8, 4) is 0 Å². The lowest BCUT2D eigenvalue weighted by molar-refractivity contribution is 0.506. The molecule has 1 aromatic carbocycles. The van der Waals surface area contributed by atoms with Crippen LogP contribution < -0.4 is 0 Å². The third-order valence-electron chi connectivity index (χ3n) is 3.82. The van der Waals surface area contributed by atoms with Crippen LogP contribution in [0, 0.1) is 0 Å². The van der Waals surface area contributed by atoms with Gasteiger partial charge < -0.3 is 0 Å². The molecule has 0 N–H and O–H groups in total. The molecule has 0 fully saturated rings. The molecule has 1 heteroatoms. The molecule has 0 saturated carbocycles. The summed E-state index contributed by atoms with van der Waals surface area (Å²) >= 11 is 3.51. The largest absolute Gasteiger partial charge is 0.0880 e. The fourth-order valence-electron chi connectivity index (χ4n) is 1.72. The Morgan fingerprint density at radius 1 is 1.12 bits per heavy atom. The lowest BCUT2D eigenvalue weighted by atomic mass is 9.82. The van der Waals surface area contributed by atoms with Gasteiger partial charge >= 0.3 is 0 Å². The van der Waals surface area contributed by atoms with E-state index in [-0.39, 0.29) is 5.41 Å². The summed E-state index contributed by atoms with van der Waals surface area (Å²) in [4.78, 5) is 0. The second-order valence-electron chi connectivity index (χ2n) is 5.35. The summed E-state index contributed by atoms with van der Waals surface area (Å²) in [5.74, 6) is 0. The van der Waals surface area contributed by atoms with E-state index in [1.807, 2.05) is 0 Å². The van der Waals surface area contributed by atoms with Crippen LogP contribution in [-0.2, 0) is 5.41 Å². The van der Waals surface area contributed by atoms with Gasteiger partial charge in [-0.1, -0.05) is 66.5 Å². The number of allylic oxidation sites excluding steroid dienone is 2. The zero-order chi connectivity index (χ0) is 13.1. The molecule has 0 aliphatic carbocycles. The number of hydrogen-bond donors (Lipinski definition) is 0. The summed E-state index contributed by atoms with van der Waals surface area (Å²) < 4.78 is 0. The maximum absolute atomic E-state index is 3.51. The second kappa shape index (κ2) is 5.86. The molecular weight excluding hydrogens is 272 g/mol. The molecule has 0 radical (unpaired) electrons. The van der Waals surface area contributed by atoms with E-state index in [4.69, 9.17) is 0 Å². The molecule has 0 bridgehead atoms. The molecular formula is C16H23Br. The molecule has 0 spiro atoms. The predicted molar refractivity (Wildman–Crippen MR) is 81.8 cm³/mol. The highest BCUT2D eigenvalue weighted by atomic mass is 79.9. The highest BCUT2D eigenvalue weighted by Gasteiger charge is 2.17. The maximum Gasteiger partial charge on any atom is 0.0245 e. The topological polar surface area (TPSA) is 0 Å². The van der Waals surface area contributed by atoms with Crippen LogP contribution in [0.3, 0.4) is 0 Å². The monoisotopic (exact) mass is 294 g/mol. The van der Waals surface area contributed by atoms with Crippen LogP contribution in [0.1, 0.15) is 52.2 Å². The number of hydrogen-bond acceptors (Lipinski definition) is 0. The van der Waals surface area contributed by atoms with Gasteiger partial charge in [-0.3, -0.25) is 0 Å². The van der Waals surface area contributed by atoms with Gasteiger partial charge in [-0.05, 0) is 42.4 Å². The second-order valence-corrected chi connectivity index (χ2v) is 5.91. The molecule has 0 aliphatic heterocycles. The lowest BCUT2D eigenvalue weighted by Gasteiger charge is -2.23. The van der Waals surface area contributed by atoms with Crippen molar-refractivity contribution in [1.29, 1.82) is 0 Å². The molecule has 17 heavy (non-hydrogen) atoms. The Bertz CT molecular complexity index is 396. The first kappa shape index (κ1) is 14.5. The van der Waals surface area contributed by atoms with E-state index in [9.17, 15) is 0 Å². The first-order valence-electron chi connectivity index (χ1n) is 6.25. The van der Waals surface area contributed by atoms with Gasteiger partial charge in [0.1, 0.15) is 0 Å². The Hall–Kier alpha value is -0.560. The Balaban J connectivity index is 3.05. The summed E-state index contributed by atoms with van der Waals surface area (Å²) in [6.07, 6.45) is 1.17. The normalized spacial score (nSPS) is 13.5. The van der Waals surface area contributed by atoms with E-state index in [0.717, 1.165) is 5.33 Å². The van der Waals surface area contributed by atoms with E-state index < -0.39 is 0 Å². The maximum atomic E-state index is 3.51. The van der Waals surface area contributed by atoms with Crippen molar-refractivity contribution in [2.75, 3.05) is 5.33 Å². The van der Waals surface area contributed by atoms with E-state index in [1.54, 1.807) is 0 Å². The first-order valence-corrected chi connectivity index (χ1v) is 7.37. The molecule has 0 unspecified atom stereocenters. The van der Waals surface area contributed by atoms with E-state index in [2.05, 4.69) is 74.8 Å². The minimum absolute atomic E-state index is 0.278. The number of halogens is 1. The zero-order valence-corrected chi connectivity index (χ0v) is 13.2. The van der Waals surface area contributed by atoms with Crippen LogP contribution >= 0.6 is 15.9 Å². The van der Waals surface area contributed by atoms with Crippen molar-refractivity contribution in [2.45, 2.75) is 46.5 Å². The average Bonchev–Trinajstić information content (AvgIpc) is 2.37. The van der Waals surface area contributed by atoms with Crippen molar-refractivity contribution in [1.82, 2.24) is 0 Å². The number of rotatable bonds is 4. The quantitative estimate of drug-likeness (QED) is 0.638. The van der Waals surface area contributed by atoms with Crippen molar-refractivity contribution in [2.24, 2.45) is 0 Å². The zero-order valence-electron chi connectivity index (χ0n) is 11.6. The molecule has 0 amide bonds. The Labute approximate surface area is 114 Å². The summed E-state index contributed by atoms with van der Waals surface area (Å²) in [5, 5.41) is 0.945. The van der Waals surface area contributed by atoms with Crippen molar-refractivity contribution >= 4 is 21.5 Å². The Morgan fingerprint density at radius 3 is 2.06 bits per heavy atom. The minimum Gasteiger partial charge on any atom is -0.0880 e.